The molecule has 0 atom stereocenters. The van der Waals surface area contributed by atoms with Crippen molar-refractivity contribution in [2.45, 2.75) is 19.9 Å². The lowest BCUT2D eigenvalue weighted by Gasteiger charge is -2.11. The van der Waals surface area contributed by atoms with Crippen LogP contribution in [0.4, 0.5) is 0 Å². The van der Waals surface area contributed by atoms with Crippen molar-refractivity contribution in [3.63, 3.8) is 0 Å². The molecule has 0 fully saturated rings. The molecule has 2 N–H and O–H groups in total. The van der Waals surface area contributed by atoms with Gasteiger partial charge in [0.25, 0.3) is 0 Å². The van der Waals surface area contributed by atoms with Crippen molar-refractivity contribution in [3.05, 3.63) is 54.2 Å². The van der Waals surface area contributed by atoms with Crippen LogP contribution in [-0.2, 0) is 13.0 Å². The van der Waals surface area contributed by atoms with E-state index in [-0.39, 0.29) is 0 Å². The topological polar surface area (TPSA) is 56.7 Å². The lowest BCUT2D eigenvalue weighted by atomic mass is 10.1. The zero-order valence-electron chi connectivity index (χ0n) is 10.9. The first-order valence-corrected chi connectivity index (χ1v) is 6.44. The number of hydrogen-bond donors (Lipinski definition) is 1. The molecule has 19 heavy (non-hydrogen) atoms. The van der Waals surface area contributed by atoms with Crippen LogP contribution < -0.4 is 5.73 Å². The van der Waals surface area contributed by atoms with E-state index in [0.717, 1.165) is 34.5 Å². The molecule has 4 heteroatoms. The van der Waals surface area contributed by atoms with Crippen molar-refractivity contribution < 1.29 is 0 Å². The van der Waals surface area contributed by atoms with Gasteiger partial charge in [0.05, 0.1) is 16.9 Å². The molecule has 0 aliphatic heterocycles. The lowest BCUT2D eigenvalue weighted by molar-refractivity contribution is 0.889. The van der Waals surface area contributed by atoms with Crippen molar-refractivity contribution in [1.29, 1.82) is 0 Å². The monoisotopic (exact) mass is 252 g/mol. The Balaban J connectivity index is 2.33. The maximum Gasteiger partial charge on any atom is 0.112 e. The smallest absolute Gasteiger partial charge is 0.112 e. The first kappa shape index (κ1) is 11.9. The molecule has 0 aliphatic rings. The van der Waals surface area contributed by atoms with Crippen molar-refractivity contribution in [2.75, 3.05) is 0 Å². The van der Waals surface area contributed by atoms with Crippen molar-refractivity contribution in [2.24, 2.45) is 5.73 Å². The molecule has 2 aromatic heterocycles. The molecule has 1 aromatic carbocycles. The van der Waals surface area contributed by atoms with Gasteiger partial charge in [0, 0.05) is 30.7 Å². The van der Waals surface area contributed by atoms with E-state index in [9.17, 15) is 0 Å². The van der Waals surface area contributed by atoms with Crippen molar-refractivity contribution in [3.8, 4) is 5.69 Å². The normalized spacial score (nSPS) is 11.1. The highest BCUT2D eigenvalue weighted by atomic mass is 15.1. The highest BCUT2D eigenvalue weighted by molar-refractivity contribution is 5.87. The number of aryl methyl sites for hydroxylation is 1. The van der Waals surface area contributed by atoms with Crippen molar-refractivity contribution in [1.82, 2.24) is 14.5 Å². The Kier molecular flexibility index (Phi) is 3.01. The molecule has 0 aliphatic carbocycles. The second-order valence-corrected chi connectivity index (χ2v) is 4.42. The minimum absolute atomic E-state index is 0.438. The molecule has 0 unspecified atom stereocenters. The zero-order valence-corrected chi connectivity index (χ0v) is 10.9. The molecule has 0 bridgehead atoms. The maximum absolute atomic E-state index is 5.75. The zero-order chi connectivity index (χ0) is 13.2. The lowest BCUT2D eigenvalue weighted by Crippen LogP contribution is -2.05. The minimum atomic E-state index is 0.438. The molecule has 3 rings (SSSR count). The summed E-state index contributed by atoms with van der Waals surface area (Å²) in [6.07, 6.45) is 4.71. The second-order valence-electron chi connectivity index (χ2n) is 4.42. The van der Waals surface area contributed by atoms with Gasteiger partial charge in [-0.05, 0) is 12.1 Å². The first-order chi connectivity index (χ1) is 9.33. The fourth-order valence-corrected chi connectivity index (χ4v) is 2.33. The number of hydrogen-bond acceptors (Lipinski definition) is 3. The number of rotatable bonds is 3. The fraction of sp³-hybridized carbons (Fsp3) is 0.200. The number of imidazole rings is 1. The fourth-order valence-electron chi connectivity index (χ4n) is 2.33. The minimum Gasteiger partial charge on any atom is -0.325 e. The predicted octanol–water partition coefficient (Wildman–Crippen LogP) is 2.44. The molecule has 2 heterocycles. The van der Waals surface area contributed by atoms with E-state index in [1.165, 1.54) is 0 Å². The van der Waals surface area contributed by atoms with Gasteiger partial charge in [-0.25, -0.2) is 4.98 Å². The van der Waals surface area contributed by atoms with Crippen LogP contribution >= 0.6 is 0 Å². The Morgan fingerprint density at radius 2 is 2.11 bits per heavy atom. The summed E-state index contributed by atoms with van der Waals surface area (Å²) in [5.41, 5.74) is 8.71. The van der Waals surface area contributed by atoms with Gasteiger partial charge in [0.2, 0.25) is 0 Å². The predicted molar refractivity (Wildman–Crippen MR) is 76.1 cm³/mol. The van der Waals surface area contributed by atoms with E-state index in [4.69, 9.17) is 5.73 Å². The summed E-state index contributed by atoms with van der Waals surface area (Å²) >= 11 is 0. The number of aromatic nitrogens is 3. The van der Waals surface area contributed by atoms with E-state index >= 15 is 0 Å². The van der Waals surface area contributed by atoms with E-state index in [1.807, 2.05) is 36.7 Å². The standard InChI is InChI=1S/C15H16N4/c1-2-15-17-7-8-19(15)14-9-11(10-16)18-13-6-4-3-5-12(13)14/h3-9H,2,10,16H2,1H3. The molecule has 4 nitrogen and oxygen atoms in total. The Morgan fingerprint density at radius 3 is 2.89 bits per heavy atom. The third kappa shape index (κ3) is 2.00. The van der Waals surface area contributed by atoms with Gasteiger partial charge in [-0.2, -0.15) is 0 Å². The summed E-state index contributed by atoms with van der Waals surface area (Å²) in [4.78, 5) is 8.95. The molecular formula is C15H16N4. The van der Waals surface area contributed by atoms with Crippen molar-refractivity contribution >= 4 is 10.9 Å². The van der Waals surface area contributed by atoms with Gasteiger partial charge < -0.3 is 10.3 Å². The molecular weight excluding hydrogens is 236 g/mol. The molecule has 96 valence electrons. The van der Waals surface area contributed by atoms with Crippen LogP contribution in [0.5, 0.6) is 0 Å². The number of pyridine rings is 1. The van der Waals surface area contributed by atoms with E-state index < -0.39 is 0 Å². The molecule has 0 saturated heterocycles. The van der Waals surface area contributed by atoms with Gasteiger partial charge in [-0.1, -0.05) is 25.1 Å². The second kappa shape index (κ2) is 4.82. The summed E-state index contributed by atoms with van der Waals surface area (Å²) in [6.45, 7) is 2.54. The van der Waals surface area contributed by atoms with Gasteiger partial charge in [0.1, 0.15) is 5.82 Å². The Hall–Kier alpha value is -2.20. The maximum atomic E-state index is 5.75. The van der Waals surface area contributed by atoms with Crippen LogP contribution in [0.15, 0.2) is 42.7 Å². The summed E-state index contributed by atoms with van der Waals surface area (Å²) in [7, 11) is 0. The molecule has 0 saturated carbocycles. The van der Waals surface area contributed by atoms with Crippen LogP contribution in [0, 0.1) is 0 Å². The summed E-state index contributed by atoms with van der Waals surface area (Å²) < 4.78 is 2.11. The van der Waals surface area contributed by atoms with Crippen LogP contribution in [0.3, 0.4) is 0 Å². The van der Waals surface area contributed by atoms with Crippen LogP contribution in [0.2, 0.25) is 0 Å². The van der Waals surface area contributed by atoms with Crippen LogP contribution in [0.1, 0.15) is 18.4 Å². The number of para-hydroxylation sites is 1. The molecule has 0 radical (unpaired) electrons. The molecule has 0 amide bonds. The Labute approximate surface area is 111 Å². The SMILES string of the molecule is CCc1nccn1-c1cc(CN)nc2ccccc12. The largest absolute Gasteiger partial charge is 0.325 e. The quantitative estimate of drug-likeness (QED) is 0.779. The average Bonchev–Trinajstić information content (AvgIpc) is 2.94. The highest BCUT2D eigenvalue weighted by Crippen LogP contribution is 2.23. The highest BCUT2D eigenvalue weighted by Gasteiger charge is 2.09. The van der Waals surface area contributed by atoms with Crippen LogP contribution in [0.25, 0.3) is 16.6 Å². The van der Waals surface area contributed by atoms with Crippen LogP contribution in [-0.4, -0.2) is 14.5 Å². The molecule has 3 aromatic rings. The van der Waals surface area contributed by atoms with Gasteiger partial charge in [-0.3, -0.25) is 4.98 Å². The first-order valence-electron chi connectivity index (χ1n) is 6.44. The number of fused-ring (bicyclic) bond motifs is 1. The summed E-state index contributed by atoms with van der Waals surface area (Å²) in [5.74, 6) is 1.04. The number of nitrogens with zero attached hydrogens (tertiary/aromatic N) is 3. The molecule has 0 spiro atoms. The van der Waals surface area contributed by atoms with Gasteiger partial charge in [-0.15, -0.1) is 0 Å². The van der Waals surface area contributed by atoms with Gasteiger partial charge >= 0.3 is 0 Å². The average molecular weight is 252 g/mol. The van der Waals surface area contributed by atoms with E-state index in [1.54, 1.807) is 0 Å². The van der Waals surface area contributed by atoms with E-state index in [0.29, 0.717) is 6.54 Å². The number of benzene rings is 1. The van der Waals surface area contributed by atoms with Gasteiger partial charge in [0.15, 0.2) is 0 Å². The summed E-state index contributed by atoms with van der Waals surface area (Å²) in [6, 6.07) is 10.2. The third-order valence-electron chi connectivity index (χ3n) is 3.25. The third-order valence-corrected chi connectivity index (χ3v) is 3.25. The Bertz CT molecular complexity index is 715. The summed E-state index contributed by atoms with van der Waals surface area (Å²) in [5, 5.41) is 1.12. The Morgan fingerprint density at radius 1 is 1.26 bits per heavy atom. The van der Waals surface area contributed by atoms with E-state index in [2.05, 4.69) is 27.5 Å². The number of nitrogens with two attached hydrogens (primary N) is 1.